The van der Waals surface area contributed by atoms with Crippen molar-refractivity contribution in [2.24, 2.45) is 0 Å². The molecule has 0 unspecified atom stereocenters. The van der Waals surface area contributed by atoms with Crippen molar-refractivity contribution in [2.75, 3.05) is 5.73 Å². The summed E-state index contributed by atoms with van der Waals surface area (Å²) in [6, 6.07) is 4.30. The van der Waals surface area contributed by atoms with E-state index in [0.717, 1.165) is 0 Å². The fraction of sp³-hybridized carbons (Fsp3) is 0.273. The zero-order valence-electron chi connectivity index (χ0n) is 8.13. The van der Waals surface area contributed by atoms with Crippen molar-refractivity contribution in [2.45, 2.75) is 19.4 Å². The van der Waals surface area contributed by atoms with Gasteiger partial charge in [-0.25, -0.2) is 4.39 Å². The zero-order chi connectivity index (χ0) is 10.8. The van der Waals surface area contributed by atoms with Crippen molar-refractivity contribution in [1.82, 2.24) is 0 Å². The van der Waals surface area contributed by atoms with Gasteiger partial charge in [0.15, 0.2) is 0 Å². The van der Waals surface area contributed by atoms with Crippen molar-refractivity contribution in [1.29, 1.82) is 0 Å². The Hall–Kier alpha value is -1.53. The van der Waals surface area contributed by atoms with Gasteiger partial charge in [-0.2, -0.15) is 0 Å². The van der Waals surface area contributed by atoms with Crippen molar-refractivity contribution in [3.05, 3.63) is 29.6 Å². The Bertz CT molecular complexity index is 396. The van der Waals surface area contributed by atoms with Crippen molar-refractivity contribution < 1.29 is 9.50 Å². The van der Waals surface area contributed by atoms with Crippen LogP contribution < -0.4 is 5.73 Å². The summed E-state index contributed by atoms with van der Waals surface area (Å²) < 4.78 is 12.9. The predicted molar refractivity (Wildman–Crippen MR) is 54.0 cm³/mol. The second-order valence-electron chi connectivity index (χ2n) is 3.55. The van der Waals surface area contributed by atoms with Gasteiger partial charge in [-0.05, 0) is 32.0 Å². The third-order valence-corrected chi connectivity index (χ3v) is 1.51. The van der Waals surface area contributed by atoms with Gasteiger partial charge in [0.05, 0.1) is 5.69 Å². The molecule has 1 aromatic rings. The Kier molecular flexibility index (Phi) is 2.78. The van der Waals surface area contributed by atoms with Gasteiger partial charge in [-0.15, -0.1) is 0 Å². The molecular formula is C11H12FNO. The third kappa shape index (κ3) is 3.08. The van der Waals surface area contributed by atoms with E-state index in [0.29, 0.717) is 5.56 Å². The Balaban J connectivity index is 2.98. The largest absolute Gasteiger partial charge is 0.396 e. The fourth-order valence-corrected chi connectivity index (χ4v) is 0.830. The molecule has 0 radical (unpaired) electrons. The smallest absolute Gasteiger partial charge is 0.147 e. The van der Waals surface area contributed by atoms with Crippen LogP contribution in [0.5, 0.6) is 0 Å². The molecular weight excluding hydrogens is 181 g/mol. The number of rotatable bonds is 0. The zero-order valence-corrected chi connectivity index (χ0v) is 8.13. The molecule has 1 aromatic carbocycles. The molecule has 0 atom stereocenters. The van der Waals surface area contributed by atoms with Crippen LogP contribution in [0.2, 0.25) is 0 Å². The second kappa shape index (κ2) is 3.69. The monoisotopic (exact) mass is 193 g/mol. The summed E-state index contributed by atoms with van der Waals surface area (Å²) in [5.74, 6) is 4.75. The van der Waals surface area contributed by atoms with Crippen LogP contribution in [0.25, 0.3) is 0 Å². The van der Waals surface area contributed by atoms with Crippen LogP contribution >= 0.6 is 0 Å². The molecule has 3 N–H and O–H groups in total. The lowest BCUT2D eigenvalue weighted by molar-refractivity contribution is 0.143. The molecule has 0 spiro atoms. The maximum atomic E-state index is 12.9. The minimum atomic E-state index is -1.07. The van der Waals surface area contributed by atoms with Gasteiger partial charge in [-0.3, -0.25) is 0 Å². The number of benzene rings is 1. The maximum absolute atomic E-state index is 12.9. The number of hydrogen-bond acceptors (Lipinski definition) is 2. The summed E-state index contributed by atoms with van der Waals surface area (Å²) in [6.07, 6.45) is 0. The highest BCUT2D eigenvalue weighted by Crippen LogP contribution is 2.11. The molecule has 2 nitrogen and oxygen atoms in total. The van der Waals surface area contributed by atoms with Gasteiger partial charge < -0.3 is 10.8 Å². The SMILES string of the molecule is CC(C)(O)C#Cc1ccc(N)c(F)c1. The molecule has 1 rings (SSSR count). The van der Waals surface area contributed by atoms with Crippen LogP contribution in [-0.2, 0) is 0 Å². The van der Waals surface area contributed by atoms with E-state index in [4.69, 9.17) is 5.73 Å². The van der Waals surface area contributed by atoms with E-state index < -0.39 is 11.4 Å². The fourth-order valence-electron chi connectivity index (χ4n) is 0.830. The van der Waals surface area contributed by atoms with E-state index in [1.165, 1.54) is 12.1 Å². The highest BCUT2D eigenvalue weighted by Gasteiger charge is 2.06. The number of aliphatic hydroxyl groups is 1. The molecule has 0 aliphatic heterocycles. The van der Waals surface area contributed by atoms with Crippen molar-refractivity contribution in [3.63, 3.8) is 0 Å². The lowest BCUT2D eigenvalue weighted by atomic mass is 10.1. The predicted octanol–water partition coefficient (Wildman–Crippen LogP) is 1.53. The van der Waals surface area contributed by atoms with Gasteiger partial charge in [0.2, 0.25) is 0 Å². The highest BCUT2D eigenvalue weighted by atomic mass is 19.1. The molecule has 0 fully saturated rings. The van der Waals surface area contributed by atoms with Crippen LogP contribution in [0.15, 0.2) is 18.2 Å². The number of nitrogen functional groups attached to an aromatic ring is 1. The number of nitrogens with two attached hydrogens (primary N) is 1. The van der Waals surface area contributed by atoms with Gasteiger partial charge in [0, 0.05) is 5.56 Å². The van der Waals surface area contributed by atoms with Gasteiger partial charge in [-0.1, -0.05) is 11.8 Å². The van der Waals surface area contributed by atoms with Crippen molar-refractivity contribution >= 4 is 5.69 Å². The van der Waals surface area contributed by atoms with E-state index in [1.54, 1.807) is 19.9 Å². The molecule has 0 aliphatic carbocycles. The topological polar surface area (TPSA) is 46.2 Å². The van der Waals surface area contributed by atoms with E-state index in [-0.39, 0.29) is 5.69 Å². The van der Waals surface area contributed by atoms with E-state index in [1.807, 2.05) is 0 Å². The molecule has 0 amide bonds. The molecule has 74 valence electrons. The van der Waals surface area contributed by atoms with Crippen LogP contribution in [0.3, 0.4) is 0 Å². The molecule has 0 heterocycles. The first-order valence-corrected chi connectivity index (χ1v) is 4.19. The minimum Gasteiger partial charge on any atom is -0.396 e. The quantitative estimate of drug-likeness (QED) is 0.485. The molecule has 0 aliphatic rings. The van der Waals surface area contributed by atoms with Gasteiger partial charge in [0.1, 0.15) is 11.4 Å². The second-order valence-corrected chi connectivity index (χ2v) is 3.55. The van der Waals surface area contributed by atoms with Crippen molar-refractivity contribution in [3.8, 4) is 11.8 Å². The van der Waals surface area contributed by atoms with Crippen LogP contribution in [0.1, 0.15) is 19.4 Å². The minimum absolute atomic E-state index is 0.0961. The Labute approximate surface area is 82.6 Å². The summed E-state index contributed by atoms with van der Waals surface area (Å²) >= 11 is 0. The summed E-state index contributed by atoms with van der Waals surface area (Å²) in [4.78, 5) is 0. The number of anilines is 1. The molecule has 0 aromatic heterocycles. The first kappa shape index (κ1) is 10.6. The normalized spacial score (nSPS) is 10.6. The van der Waals surface area contributed by atoms with Gasteiger partial charge in [0.25, 0.3) is 0 Å². The molecule has 0 bridgehead atoms. The summed E-state index contributed by atoms with van der Waals surface area (Å²) in [5.41, 5.74) is 4.82. The Morgan fingerprint density at radius 2 is 2.07 bits per heavy atom. The van der Waals surface area contributed by atoms with Gasteiger partial charge >= 0.3 is 0 Å². The molecule has 0 saturated carbocycles. The summed E-state index contributed by atoms with van der Waals surface area (Å²) in [5, 5.41) is 9.31. The average Bonchev–Trinajstić information content (AvgIpc) is 2.06. The lowest BCUT2D eigenvalue weighted by Crippen LogP contribution is -2.14. The van der Waals surface area contributed by atoms with E-state index in [2.05, 4.69) is 11.8 Å². The molecule has 0 saturated heterocycles. The third-order valence-electron chi connectivity index (χ3n) is 1.51. The highest BCUT2D eigenvalue weighted by molar-refractivity contribution is 5.46. The lowest BCUT2D eigenvalue weighted by Gasteiger charge is -2.05. The van der Waals surface area contributed by atoms with Crippen LogP contribution in [-0.4, -0.2) is 10.7 Å². The standard InChI is InChI=1S/C11H12FNO/c1-11(2,14)6-5-8-3-4-10(13)9(12)7-8/h3-4,7,14H,13H2,1-2H3. The first-order valence-electron chi connectivity index (χ1n) is 4.19. The maximum Gasteiger partial charge on any atom is 0.147 e. The number of hydrogen-bond donors (Lipinski definition) is 2. The summed E-state index contributed by atoms with van der Waals surface area (Å²) in [7, 11) is 0. The molecule has 14 heavy (non-hydrogen) atoms. The van der Waals surface area contributed by atoms with E-state index in [9.17, 15) is 9.50 Å². The first-order chi connectivity index (χ1) is 6.38. The van der Waals surface area contributed by atoms with Crippen LogP contribution in [0, 0.1) is 17.7 Å². The number of halogens is 1. The van der Waals surface area contributed by atoms with Crippen LogP contribution in [0.4, 0.5) is 10.1 Å². The molecule has 3 heteroatoms. The summed E-state index contributed by atoms with van der Waals surface area (Å²) in [6.45, 7) is 3.13. The Morgan fingerprint density at radius 3 is 2.57 bits per heavy atom. The Morgan fingerprint density at radius 1 is 1.43 bits per heavy atom. The van der Waals surface area contributed by atoms with E-state index >= 15 is 0 Å². The average molecular weight is 193 g/mol.